The summed E-state index contributed by atoms with van der Waals surface area (Å²) in [7, 11) is 0. The van der Waals surface area contributed by atoms with Crippen LogP contribution in [0.5, 0.6) is 0 Å². The third-order valence-corrected chi connectivity index (χ3v) is 2.50. The smallest absolute Gasteiger partial charge is 0.362 e. The van der Waals surface area contributed by atoms with Crippen LogP contribution >= 0.6 is 11.6 Å². The third kappa shape index (κ3) is 3.93. The minimum Gasteiger partial charge on any atom is -0.362 e. The fraction of sp³-hybridized carbons (Fsp3) is 0.364. The Bertz CT molecular complexity index is 406. The molecule has 1 aromatic carbocycles. The van der Waals surface area contributed by atoms with Crippen molar-refractivity contribution >= 4 is 23.6 Å². The zero-order valence-corrected chi connectivity index (χ0v) is 9.85. The Kier molecular flexibility index (Phi) is 4.40. The Hall–Kier alpha value is -1.23. The normalized spacial score (nSPS) is 11.4. The first-order chi connectivity index (χ1) is 7.87. The Morgan fingerprint density at radius 1 is 1.41 bits per heavy atom. The number of carbonyl (C=O) groups is 1. The molecule has 0 fully saturated rings. The molecule has 0 aromatic heterocycles. The highest BCUT2D eigenvalue weighted by Gasteiger charge is 2.30. The van der Waals surface area contributed by atoms with E-state index in [1.54, 1.807) is 6.92 Å². The molecule has 0 amide bonds. The summed E-state index contributed by atoms with van der Waals surface area (Å²) in [6.45, 7) is 0.721. The average molecular weight is 266 g/mol. The van der Waals surface area contributed by atoms with Gasteiger partial charge in [0, 0.05) is 12.1 Å². The van der Waals surface area contributed by atoms with Gasteiger partial charge in [0.2, 0.25) is 0 Å². The molecule has 0 unspecified atom stereocenters. The number of hydrogen-bond donors (Lipinski definition) is 0. The van der Waals surface area contributed by atoms with Crippen molar-refractivity contribution in [2.45, 2.75) is 13.1 Å². The highest BCUT2D eigenvalue weighted by Crippen LogP contribution is 2.29. The zero-order chi connectivity index (χ0) is 13.1. The predicted octanol–water partition coefficient (Wildman–Crippen LogP) is 3.54. The van der Waals surface area contributed by atoms with Gasteiger partial charge >= 0.3 is 6.18 Å². The summed E-state index contributed by atoms with van der Waals surface area (Å²) in [5.41, 5.74) is 0.610. The summed E-state index contributed by atoms with van der Waals surface area (Å²) in [6.07, 6.45) is -3.70. The predicted molar refractivity (Wildman–Crippen MR) is 60.8 cm³/mol. The number of alkyl halides is 3. The van der Waals surface area contributed by atoms with Crippen LogP contribution in [0.15, 0.2) is 18.2 Å². The second-order valence-electron chi connectivity index (χ2n) is 3.46. The molecule has 0 radical (unpaired) electrons. The Morgan fingerprint density at radius 3 is 2.47 bits per heavy atom. The van der Waals surface area contributed by atoms with Gasteiger partial charge in [0.05, 0.1) is 10.7 Å². The third-order valence-electron chi connectivity index (χ3n) is 2.20. The number of aldehydes is 1. The van der Waals surface area contributed by atoms with Gasteiger partial charge in [-0.1, -0.05) is 11.6 Å². The first-order valence-electron chi connectivity index (χ1n) is 4.94. The van der Waals surface area contributed by atoms with Crippen molar-refractivity contribution in [3.63, 3.8) is 0 Å². The summed E-state index contributed by atoms with van der Waals surface area (Å²) in [6, 6.07) is 4.21. The zero-order valence-electron chi connectivity index (χ0n) is 9.09. The average Bonchev–Trinajstić information content (AvgIpc) is 2.24. The van der Waals surface area contributed by atoms with Gasteiger partial charge < -0.3 is 4.90 Å². The lowest BCUT2D eigenvalue weighted by molar-refractivity contribution is -0.119. The SMILES string of the molecule is CCN(CC(F)(F)F)c1ccc(C=O)cc1Cl. The van der Waals surface area contributed by atoms with Crippen molar-refractivity contribution in [2.24, 2.45) is 0 Å². The van der Waals surface area contributed by atoms with E-state index in [1.165, 1.54) is 18.2 Å². The minimum absolute atomic E-state index is 0.140. The lowest BCUT2D eigenvalue weighted by Gasteiger charge is -2.25. The Morgan fingerprint density at radius 2 is 2.06 bits per heavy atom. The molecule has 0 spiro atoms. The van der Waals surface area contributed by atoms with Crippen molar-refractivity contribution in [1.82, 2.24) is 0 Å². The number of nitrogens with zero attached hydrogens (tertiary/aromatic N) is 1. The van der Waals surface area contributed by atoms with Crippen molar-refractivity contribution in [3.8, 4) is 0 Å². The van der Waals surface area contributed by atoms with E-state index in [0.717, 1.165) is 4.90 Å². The fourth-order valence-electron chi connectivity index (χ4n) is 1.44. The van der Waals surface area contributed by atoms with E-state index < -0.39 is 12.7 Å². The van der Waals surface area contributed by atoms with Gasteiger partial charge in [0.25, 0.3) is 0 Å². The number of anilines is 1. The molecule has 0 atom stereocenters. The maximum atomic E-state index is 12.3. The quantitative estimate of drug-likeness (QED) is 0.776. The van der Waals surface area contributed by atoms with Crippen molar-refractivity contribution in [2.75, 3.05) is 18.0 Å². The highest BCUT2D eigenvalue weighted by atomic mass is 35.5. The van der Waals surface area contributed by atoms with Crippen molar-refractivity contribution in [3.05, 3.63) is 28.8 Å². The highest BCUT2D eigenvalue weighted by molar-refractivity contribution is 6.33. The van der Waals surface area contributed by atoms with Gasteiger partial charge in [0.15, 0.2) is 0 Å². The number of rotatable bonds is 4. The molecular weight excluding hydrogens is 255 g/mol. The van der Waals surface area contributed by atoms with Crippen LogP contribution < -0.4 is 4.90 Å². The molecule has 0 saturated carbocycles. The van der Waals surface area contributed by atoms with E-state index in [1.807, 2.05) is 0 Å². The molecule has 0 aliphatic carbocycles. The maximum absolute atomic E-state index is 12.3. The van der Waals surface area contributed by atoms with E-state index in [2.05, 4.69) is 0 Å². The molecule has 0 bridgehead atoms. The van der Waals surface area contributed by atoms with Gasteiger partial charge in [-0.3, -0.25) is 4.79 Å². The molecule has 1 aromatic rings. The molecule has 94 valence electrons. The van der Waals surface area contributed by atoms with E-state index in [9.17, 15) is 18.0 Å². The fourth-order valence-corrected chi connectivity index (χ4v) is 1.75. The Labute approximate surface area is 102 Å². The molecule has 1 rings (SSSR count). The molecule has 6 heteroatoms. The van der Waals surface area contributed by atoms with Gasteiger partial charge in [-0.05, 0) is 25.1 Å². The van der Waals surface area contributed by atoms with Gasteiger partial charge in [-0.15, -0.1) is 0 Å². The van der Waals surface area contributed by atoms with Gasteiger partial charge in [-0.2, -0.15) is 13.2 Å². The maximum Gasteiger partial charge on any atom is 0.405 e. The summed E-state index contributed by atoms with van der Waals surface area (Å²) >= 11 is 5.84. The van der Waals surface area contributed by atoms with Crippen LogP contribution in [0.25, 0.3) is 0 Å². The van der Waals surface area contributed by atoms with E-state index in [0.29, 0.717) is 11.8 Å². The molecular formula is C11H11ClF3NO. The molecule has 0 aliphatic rings. The molecule has 0 heterocycles. The molecule has 0 N–H and O–H groups in total. The monoisotopic (exact) mass is 265 g/mol. The molecule has 17 heavy (non-hydrogen) atoms. The second kappa shape index (κ2) is 5.40. The second-order valence-corrected chi connectivity index (χ2v) is 3.87. The van der Waals surface area contributed by atoms with E-state index in [4.69, 9.17) is 11.6 Å². The van der Waals surface area contributed by atoms with Crippen LogP contribution in [0.1, 0.15) is 17.3 Å². The van der Waals surface area contributed by atoms with Crippen LogP contribution in [0.3, 0.4) is 0 Å². The van der Waals surface area contributed by atoms with Crippen molar-refractivity contribution in [1.29, 1.82) is 0 Å². The summed E-state index contributed by atoms with van der Waals surface area (Å²) in [4.78, 5) is 11.6. The van der Waals surface area contributed by atoms with Gasteiger partial charge in [-0.25, -0.2) is 0 Å². The Balaban J connectivity index is 3.00. The number of hydrogen-bond acceptors (Lipinski definition) is 2. The number of carbonyl (C=O) groups excluding carboxylic acids is 1. The molecule has 2 nitrogen and oxygen atoms in total. The van der Waals surface area contributed by atoms with Crippen LogP contribution in [0.2, 0.25) is 5.02 Å². The summed E-state index contributed by atoms with van der Waals surface area (Å²) in [5.74, 6) is 0. The van der Waals surface area contributed by atoms with Crippen molar-refractivity contribution < 1.29 is 18.0 Å². The number of benzene rings is 1. The lowest BCUT2D eigenvalue weighted by atomic mass is 10.2. The van der Waals surface area contributed by atoms with E-state index >= 15 is 0 Å². The lowest BCUT2D eigenvalue weighted by Crippen LogP contribution is -2.34. The van der Waals surface area contributed by atoms with Crippen LogP contribution in [-0.2, 0) is 0 Å². The summed E-state index contributed by atoms with van der Waals surface area (Å²) in [5, 5.41) is 0.140. The topological polar surface area (TPSA) is 20.3 Å². The molecule has 0 saturated heterocycles. The first kappa shape index (κ1) is 13.8. The number of halogens is 4. The van der Waals surface area contributed by atoms with E-state index in [-0.39, 0.29) is 17.3 Å². The first-order valence-corrected chi connectivity index (χ1v) is 5.31. The largest absolute Gasteiger partial charge is 0.405 e. The van der Waals surface area contributed by atoms with Gasteiger partial charge in [0.1, 0.15) is 12.8 Å². The van der Waals surface area contributed by atoms with Crippen LogP contribution in [0, 0.1) is 0 Å². The van der Waals surface area contributed by atoms with Crippen LogP contribution in [-0.4, -0.2) is 25.6 Å². The molecule has 0 aliphatic heterocycles. The summed E-state index contributed by atoms with van der Waals surface area (Å²) < 4.78 is 36.9. The van der Waals surface area contributed by atoms with Crippen LogP contribution in [0.4, 0.5) is 18.9 Å². The standard InChI is InChI=1S/C11H11ClF3NO/c1-2-16(7-11(13,14)15)10-4-3-8(6-17)5-9(10)12/h3-6H,2,7H2,1H3. The minimum atomic E-state index is -4.29.